The Bertz CT molecular complexity index is 789. The lowest BCUT2D eigenvalue weighted by Gasteiger charge is -2.40. The molecule has 1 unspecified atom stereocenters. The van der Waals surface area contributed by atoms with E-state index in [1.165, 1.54) is 6.07 Å². The predicted octanol–water partition coefficient (Wildman–Crippen LogP) is 4.14. The van der Waals surface area contributed by atoms with Gasteiger partial charge >= 0.3 is 12.3 Å². The Morgan fingerprint density at radius 3 is 2.28 bits per heavy atom. The Morgan fingerprint density at radius 1 is 1.21 bits per heavy atom. The molecule has 3 heterocycles. The Balaban J connectivity index is 1.91. The number of nitrogens with zero attached hydrogens (tertiary/aromatic N) is 2. The molecule has 1 atom stereocenters. The largest absolute Gasteiger partial charge is 0.444 e. The fraction of sp³-hybridized carbons (Fsp3) is 0.700. The van der Waals surface area contributed by atoms with Crippen molar-refractivity contribution in [2.75, 3.05) is 13.1 Å². The van der Waals surface area contributed by atoms with Crippen LogP contribution in [0.25, 0.3) is 0 Å². The van der Waals surface area contributed by atoms with E-state index in [4.69, 9.17) is 15.2 Å². The van der Waals surface area contributed by atoms with Crippen molar-refractivity contribution in [2.24, 2.45) is 5.73 Å². The van der Waals surface area contributed by atoms with E-state index >= 15 is 0 Å². The number of likely N-dealkylation sites (tertiary alicyclic amines) is 1. The summed E-state index contributed by atoms with van der Waals surface area (Å²) in [5.41, 5.74) is 3.73. The van der Waals surface area contributed by atoms with Crippen LogP contribution in [0.15, 0.2) is 12.1 Å². The highest BCUT2D eigenvalue weighted by molar-refractivity contribution is 5.68. The molecule has 2 N–H and O–H groups in total. The third kappa shape index (κ3) is 4.35. The summed E-state index contributed by atoms with van der Waals surface area (Å²) in [6.45, 7) is 9.48. The molecule has 3 rings (SSSR count). The van der Waals surface area contributed by atoms with Gasteiger partial charge in [-0.3, -0.25) is 0 Å². The van der Waals surface area contributed by atoms with Gasteiger partial charge in [0.2, 0.25) is 0 Å². The van der Waals surface area contributed by atoms with Crippen molar-refractivity contribution in [1.82, 2.24) is 9.88 Å². The molecular formula is C20H28F3N3O3. The second-order valence-corrected chi connectivity index (χ2v) is 9.41. The molecule has 1 fully saturated rings. The normalized spacial score (nSPS) is 22.0. The molecule has 1 amide bonds. The predicted molar refractivity (Wildman–Crippen MR) is 100 cm³/mol. The average molecular weight is 415 g/mol. The van der Waals surface area contributed by atoms with Crippen molar-refractivity contribution >= 4 is 6.09 Å². The molecule has 0 aromatic carbocycles. The van der Waals surface area contributed by atoms with Gasteiger partial charge in [0.1, 0.15) is 23.0 Å². The van der Waals surface area contributed by atoms with Crippen LogP contribution in [0.3, 0.4) is 0 Å². The first-order valence-electron chi connectivity index (χ1n) is 9.66. The van der Waals surface area contributed by atoms with Crippen molar-refractivity contribution < 1.29 is 27.4 Å². The number of hydrogen-bond acceptors (Lipinski definition) is 5. The van der Waals surface area contributed by atoms with Gasteiger partial charge in [0.05, 0.1) is 5.69 Å². The molecule has 9 heteroatoms. The minimum absolute atomic E-state index is 0.277. The van der Waals surface area contributed by atoms with Crippen molar-refractivity contribution in [3.8, 4) is 0 Å². The SMILES string of the molecule is CC(C)(C)OC(=O)N1CCC2(CC1)OC(C(C)(C)N)c1ccc(C(F)(F)F)nc12. The van der Waals surface area contributed by atoms with E-state index in [0.717, 1.165) is 6.07 Å². The van der Waals surface area contributed by atoms with E-state index in [1.807, 2.05) is 0 Å². The number of carbonyl (C=O) groups excluding carboxylic acids is 1. The van der Waals surface area contributed by atoms with E-state index < -0.39 is 40.8 Å². The highest BCUT2D eigenvalue weighted by atomic mass is 19.4. The first-order chi connectivity index (χ1) is 13.1. The van der Waals surface area contributed by atoms with Crippen LogP contribution in [-0.2, 0) is 21.3 Å². The highest BCUT2D eigenvalue weighted by Gasteiger charge is 2.52. The number of fused-ring (bicyclic) bond motifs is 2. The molecular weight excluding hydrogens is 387 g/mol. The van der Waals surface area contributed by atoms with Crippen molar-refractivity contribution in [1.29, 1.82) is 0 Å². The van der Waals surface area contributed by atoms with Crippen LogP contribution >= 0.6 is 0 Å². The molecule has 1 spiro atoms. The van der Waals surface area contributed by atoms with Gasteiger partial charge < -0.3 is 20.1 Å². The Morgan fingerprint density at radius 2 is 1.79 bits per heavy atom. The maximum absolute atomic E-state index is 13.3. The molecule has 2 aliphatic heterocycles. The fourth-order valence-corrected chi connectivity index (χ4v) is 3.83. The number of hydrogen-bond donors (Lipinski definition) is 1. The first kappa shape index (κ1) is 21.8. The van der Waals surface area contributed by atoms with Gasteiger partial charge in [0.25, 0.3) is 0 Å². The number of halogens is 3. The van der Waals surface area contributed by atoms with E-state index in [9.17, 15) is 18.0 Å². The van der Waals surface area contributed by atoms with Gasteiger partial charge in [-0.2, -0.15) is 13.2 Å². The summed E-state index contributed by atoms with van der Waals surface area (Å²) in [4.78, 5) is 17.9. The van der Waals surface area contributed by atoms with E-state index in [0.29, 0.717) is 31.5 Å². The number of ether oxygens (including phenoxy) is 2. The molecule has 2 aliphatic rings. The van der Waals surface area contributed by atoms with Crippen molar-refractivity contribution in [3.05, 3.63) is 29.1 Å². The molecule has 29 heavy (non-hydrogen) atoms. The Labute approximate surface area is 168 Å². The van der Waals surface area contributed by atoms with Gasteiger partial charge in [-0.05, 0) is 53.5 Å². The topological polar surface area (TPSA) is 77.7 Å². The number of rotatable bonds is 1. The molecule has 1 saturated heterocycles. The van der Waals surface area contributed by atoms with Crippen LogP contribution in [0.4, 0.5) is 18.0 Å². The van der Waals surface area contributed by atoms with E-state index in [2.05, 4.69) is 4.98 Å². The third-order valence-electron chi connectivity index (χ3n) is 5.17. The standard InChI is InChI=1S/C20H28F3N3O3/c1-17(2,3)29-16(27)26-10-8-19(9-11-26)14-12(15(28-19)18(4,5)24)6-7-13(25-14)20(21,22)23/h6-7,15H,8-11,24H2,1-5H3. The molecule has 162 valence electrons. The average Bonchev–Trinajstić information content (AvgIpc) is 2.87. The maximum Gasteiger partial charge on any atom is 0.433 e. The molecule has 0 aliphatic carbocycles. The Kier molecular flexibility index (Phi) is 5.15. The zero-order chi connectivity index (χ0) is 21.8. The zero-order valence-electron chi connectivity index (χ0n) is 17.4. The molecule has 1 aromatic heterocycles. The number of alkyl halides is 3. The molecule has 0 saturated carbocycles. The van der Waals surface area contributed by atoms with E-state index in [1.54, 1.807) is 39.5 Å². The third-order valence-corrected chi connectivity index (χ3v) is 5.17. The number of nitrogens with two attached hydrogens (primary N) is 1. The number of pyridine rings is 1. The number of carbonyl (C=O) groups is 1. The summed E-state index contributed by atoms with van der Waals surface area (Å²) >= 11 is 0. The van der Waals surface area contributed by atoms with Crippen LogP contribution in [0.2, 0.25) is 0 Å². The monoisotopic (exact) mass is 415 g/mol. The fourth-order valence-electron chi connectivity index (χ4n) is 3.83. The van der Waals surface area contributed by atoms with Crippen LogP contribution < -0.4 is 5.73 Å². The lowest BCUT2D eigenvalue weighted by Crippen LogP contribution is -2.48. The van der Waals surface area contributed by atoms with Gasteiger partial charge in [0, 0.05) is 24.2 Å². The number of piperidine rings is 1. The van der Waals surface area contributed by atoms with Gasteiger partial charge in [-0.1, -0.05) is 6.07 Å². The summed E-state index contributed by atoms with van der Waals surface area (Å²) in [5.74, 6) is 0. The van der Waals surface area contributed by atoms with Gasteiger partial charge in [-0.15, -0.1) is 0 Å². The number of aromatic nitrogens is 1. The zero-order valence-corrected chi connectivity index (χ0v) is 17.4. The van der Waals surface area contributed by atoms with Crippen LogP contribution in [0.1, 0.15) is 70.5 Å². The van der Waals surface area contributed by atoms with Gasteiger partial charge in [-0.25, -0.2) is 9.78 Å². The molecule has 6 nitrogen and oxygen atoms in total. The maximum atomic E-state index is 13.3. The minimum Gasteiger partial charge on any atom is -0.444 e. The highest BCUT2D eigenvalue weighted by Crippen LogP contribution is 2.51. The smallest absolute Gasteiger partial charge is 0.433 e. The first-order valence-corrected chi connectivity index (χ1v) is 9.66. The Hall–Kier alpha value is -1.87. The summed E-state index contributed by atoms with van der Waals surface area (Å²) in [7, 11) is 0. The van der Waals surface area contributed by atoms with Crippen LogP contribution in [0, 0.1) is 0 Å². The molecule has 1 aromatic rings. The molecule has 0 bridgehead atoms. The minimum atomic E-state index is -4.55. The van der Waals surface area contributed by atoms with Gasteiger partial charge in [0.15, 0.2) is 0 Å². The summed E-state index contributed by atoms with van der Waals surface area (Å²) in [5, 5.41) is 0. The lowest BCUT2D eigenvalue weighted by molar-refractivity contribution is -0.142. The second-order valence-electron chi connectivity index (χ2n) is 9.41. The van der Waals surface area contributed by atoms with Crippen LogP contribution in [-0.4, -0.2) is 40.2 Å². The lowest BCUT2D eigenvalue weighted by atomic mass is 9.85. The number of amides is 1. The van der Waals surface area contributed by atoms with Crippen LogP contribution in [0.5, 0.6) is 0 Å². The summed E-state index contributed by atoms with van der Waals surface area (Å²) in [6.07, 6.45) is -4.94. The molecule has 0 radical (unpaired) electrons. The summed E-state index contributed by atoms with van der Waals surface area (Å²) in [6, 6.07) is 2.38. The quantitative estimate of drug-likeness (QED) is 0.746. The van der Waals surface area contributed by atoms with E-state index in [-0.39, 0.29) is 5.69 Å². The summed E-state index contributed by atoms with van der Waals surface area (Å²) < 4.78 is 51.5. The second kappa shape index (κ2) is 6.84. The van der Waals surface area contributed by atoms with Crippen molar-refractivity contribution in [3.63, 3.8) is 0 Å². The van der Waals surface area contributed by atoms with Crippen molar-refractivity contribution in [2.45, 2.75) is 76.5 Å².